The van der Waals surface area contributed by atoms with Gasteiger partial charge in [-0.1, -0.05) is 51.0 Å². The maximum absolute atomic E-state index is 15.0. The summed E-state index contributed by atoms with van der Waals surface area (Å²) in [5.74, 6) is -0.140. The highest BCUT2D eigenvalue weighted by atomic mass is 16.7. The Balaban J connectivity index is 1.13. The molecule has 0 aromatic carbocycles. The monoisotopic (exact) mass is 749 g/mol. The van der Waals surface area contributed by atoms with Gasteiger partial charge in [-0.25, -0.2) is 4.79 Å². The van der Waals surface area contributed by atoms with E-state index in [4.69, 9.17) is 9.47 Å². The molecule has 300 valence electrons. The van der Waals surface area contributed by atoms with E-state index in [9.17, 15) is 19.5 Å². The van der Waals surface area contributed by atoms with Crippen molar-refractivity contribution in [3.8, 4) is 0 Å². The molecular formula is C44H68N4O6. The highest BCUT2D eigenvalue weighted by Gasteiger charge is 2.87. The van der Waals surface area contributed by atoms with Gasteiger partial charge in [0.2, 0.25) is 0 Å². The molecule has 5 N–H and O–H groups in total. The molecule has 3 heterocycles. The first kappa shape index (κ1) is 40.0. The average Bonchev–Trinajstić information content (AvgIpc) is 3.88. The molecule has 7 rings (SSSR count). The Labute approximate surface area is 323 Å². The lowest BCUT2D eigenvalue weighted by atomic mass is 9.56. The van der Waals surface area contributed by atoms with Crippen LogP contribution in [-0.2, 0) is 23.9 Å². The van der Waals surface area contributed by atoms with Crippen LogP contribution in [0.15, 0.2) is 34.9 Å². The summed E-state index contributed by atoms with van der Waals surface area (Å²) in [4.78, 5) is 44.4. The zero-order chi connectivity index (χ0) is 38.2. The van der Waals surface area contributed by atoms with Gasteiger partial charge < -0.3 is 30.5 Å². The number of Topliss-reactive ketones (excluding diaryl/α,β-unsaturated/α-hetero) is 2. The van der Waals surface area contributed by atoms with Crippen LogP contribution in [-0.4, -0.2) is 85.6 Å². The molecule has 0 aromatic heterocycles. The third-order valence-corrected chi connectivity index (χ3v) is 14.7. The molecule has 3 saturated heterocycles. The molecule has 2 saturated carbocycles. The van der Waals surface area contributed by atoms with Crippen molar-refractivity contribution >= 4 is 17.5 Å². The first-order valence-corrected chi connectivity index (χ1v) is 21.6. The number of hydrogen-bond donors (Lipinski definition) is 5. The number of fused-ring (bicyclic) bond motifs is 4. The van der Waals surface area contributed by atoms with Crippen molar-refractivity contribution < 1.29 is 29.0 Å². The topological polar surface area (TPSA) is 141 Å². The van der Waals surface area contributed by atoms with Gasteiger partial charge in [0, 0.05) is 30.2 Å². The summed E-state index contributed by atoms with van der Waals surface area (Å²) in [5.41, 5.74) is -0.480. The number of rotatable bonds is 14. The van der Waals surface area contributed by atoms with E-state index in [0.29, 0.717) is 41.8 Å². The standard InChI is InChI=1S/C44H68N4O6/c1-6-46-36-22-30-11-8-7-10-29(30)21-32(36)25-53-42(52)44-40(51)38-31(20-26(2)3)12-9-13-35(38)39(50)43(44,54-44)23-33(24-49)27(4)14-15-28-18-19-47-41-34(28)16-17-37(45-5)48-41/h8,11,22,26,28-29,31-32,34-38,41,45-49H,6-7,9-10,12-21,23-25H2,1-5H3/t28?,29-,31?,32-,34?,35?,36-,37+,38?,41?,43-,44-/m0/s1. The quantitative estimate of drug-likeness (QED) is 0.0704. The van der Waals surface area contributed by atoms with Crippen molar-refractivity contribution in [3.05, 3.63) is 34.9 Å². The third kappa shape index (κ3) is 7.37. The van der Waals surface area contributed by atoms with E-state index in [1.165, 1.54) is 5.57 Å². The van der Waals surface area contributed by atoms with E-state index in [0.717, 1.165) is 89.3 Å². The number of carbonyl (C=O) groups excluding carboxylic acids is 3. The van der Waals surface area contributed by atoms with E-state index >= 15 is 0 Å². The largest absolute Gasteiger partial charge is 0.463 e. The lowest BCUT2D eigenvalue weighted by molar-refractivity contribution is -0.161. The third-order valence-electron chi connectivity index (χ3n) is 14.7. The summed E-state index contributed by atoms with van der Waals surface area (Å²) in [7, 11) is 2.00. The number of carbonyl (C=O) groups is 3. The number of ether oxygens (including phenoxy) is 2. The molecule has 12 atom stereocenters. The molecule has 0 amide bonds. The molecule has 0 aromatic rings. The minimum absolute atomic E-state index is 0.0348. The van der Waals surface area contributed by atoms with Crippen LogP contribution in [0.3, 0.4) is 0 Å². The number of esters is 1. The molecule has 4 aliphatic carbocycles. The van der Waals surface area contributed by atoms with Crippen LogP contribution in [0, 0.1) is 47.3 Å². The zero-order valence-corrected chi connectivity index (χ0v) is 33.6. The first-order valence-electron chi connectivity index (χ1n) is 21.6. The van der Waals surface area contributed by atoms with Gasteiger partial charge in [0.25, 0.3) is 5.60 Å². The van der Waals surface area contributed by atoms with Crippen LogP contribution in [0.1, 0.15) is 111 Å². The predicted octanol–water partition coefficient (Wildman–Crippen LogP) is 5.12. The van der Waals surface area contributed by atoms with E-state index < -0.39 is 29.0 Å². The number of ketones is 2. The van der Waals surface area contributed by atoms with Gasteiger partial charge in [0.1, 0.15) is 0 Å². The lowest BCUT2D eigenvalue weighted by Crippen LogP contribution is -2.62. The van der Waals surface area contributed by atoms with Gasteiger partial charge in [0.15, 0.2) is 17.2 Å². The van der Waals surface area contributed by atoms with Crippen molar-refractivity contribution in [1.82, 2.24) is 21.3 Å². The number of nitrogens with one attached hydrogen (secondary N) is 4. The molecule has 5 fully saturated rings. The van der Waals surface area contributed by atoms with Crippen molar-refractivity contribution in [1.29, 1.82) is 0 Å². The van der Waals surface area contributed by atoms with Crippen LogP contribution in [0.25, 0.3) is 0 Å². The fraction of sp³-hybridized carbons (Fsp3) is 0.795. The first-order chi connectivity index (χ1) is 26.1. The van der Waals surface area contributed by atoms with Crippen molar-refractivity contribution in [2.75, 3.05) is 33.4 Å². The van der Waals surface area contributed by atoms with E-state index in [1.807, 2.05) is 14.0 Å². The number of aliphatic hydroxyl groups excluding tert-OH is 1. The van der Waals surface area contributed by atoms with Gasteiger partial charge in [-0.3, -0.25) is 14.9 Å². The second-order valence-corrected chi connectivity index (χ2v) is 18.3. The predicted molar refractivity (Wildman–Crippen MR) is 209 cm³/mol. The molecule has 3 aliphatic heterocycles. The second kappa shape index (κ2) is 16.7. The Hall–Kier alpha value is -2.21. The summed E-state index contributed by atoms with van der Waals surface area (Å²) < 4.78 is 12.7. The molecule has 6 unspecified atom stereocenters. The molecule has 0 radical (unpaired) electrons. The van der Waals surface area contributed by atoms with Gasteiger partial charge in [0.05, 0.1) is 25.5 Å². The van der Waals surface area contributed by atoms with Crippen LogP contribution >= 0.6 is 0 Å². The summed E-state index contributed by atoms with van der Waals surface area (Å²) in [6.07, 6.45) is 18.8. The van der Waals surface area contributed by atoms with Crippen molar-refractivity contribution in [2.24, 2.45) is 47.3 Å². The van der Waals surface area contributed by atoms with Gasteiger partial charge in [-0.15, -0.1) is 0 Å². The van der Waals surface area contributed by atoms with Crippen molar-refractivity contribution in [2.45, 2.75) is 141 Å². The lowest BCUT2D eigenvalue weighted by Gasteiger charge is -2.45. The maximum Gasteiger partial charge on any atom is 0.350 e. The fourth-order valence-electron chi connectivity index (χ4n) is 11.8. The molecule has 0 bridgehead atoms. The number of aliphatic hydroxyl groups is 1. The van der Waals surface area contributed by atoms with Crippen LogP contribution in [0.4, 0.5) is 0 Å². The summed E-state index contributed by atoms with van der Waals surface area (Å²) >= 11 is 0. The maximum atomic E-state index is 15.0. The smallest absolute Gasteiger partial charge is 0.350 e. The molecule has 0 spiro atoms. The SMILES string of the molecule is CCN[C@H]1C=C2C=CCC[C@H]2C[C@H]1COC(=O)[C@]12O[C@@]1(CC(CO)=C(C)CCC1CCNC3N[C@@H](NC)CCC13)C(=O)C1CCCC(CC(C)C)C1C2=O. The number of piperidine rings is 2. The Morgan fingerprint density at radius 3 is 2.69 bits per heavy atom. The minimum atomic E-state index is -1.95. The molecule has 7 aliphatic rings. The highest BCUT2D eigenvalue weighted by Crippen LogP contribution is 2.63. The Morgan fingerprint density at radius 1 is 1.09 bits per heavy atom. The van der Waals surface area contributed by atoms with Crippen LogP contribution in [0.5, 0.6) is 0 Å². The highest BCUT2D eigenvalue weighted by molar-refractivity contribution is 6.23. The van der Waals surface area contributed by atoms with Gasteiger partial charge in [-0.2, -0.15) is 0 Å². The number of epoxide rings is 1. The minimum Gasteiger partial charge on any atom is -0.463 e. The average molecular weight is 749 g/mol. The van der Waals surface area contributed by atoms with Gasteiger partial charge in [-0.05, 0) is 138 Å². The number of allylic oxidation sites excluding steroid dienone is 4. The Bertz CT molecular complexity index is 1510. The van der Waals surface area contributed by atoms with E-state index in [-0.39, 0.29) is 55.2 Å². The molecule has 10 nitrogen and oxygen atoms in total. The Morgan fingerprint density at radius 2 is 1.93 bits per heavy atom. The van der Waals surface area contributed by atoms with E-state index in [2.05, 4.69) is 60.3 Å². The zero-order valence-electron chi connectivity index (χ0n) is 33.6. The van der Waals surface area contributed by atoms with Crippen LogP contribution in [0.2, 0.25) is 0 Å². The molecule has 10 heteroatoms. The number of hydrogen-bond acceptors (Lipinski definition) is 10. The summed E-state index contributed by atoms with van der Waals surface area (Å²) in [6, 6.07) is 0.0527. The molecule has 54 heavy (non-hydrogen) atoms. The van der Waals surface area contributed by atoms with E-state index in [1.54, 1.807) is 0 Å². The summed E-state index contributed by atoms with van der Waals surface area (Å²) in [6.45, 7) is 10.1. The number of likely N-dealkylation sites (N-methyl/N-ethyl adjacent to an activating group) is 1. The summed E-state index contributed by atoms with van der Waals surface area (Å²) in [5, 5.41) is 25.2. The van der Waals surface area contributed by atoms with Crippen molar-refractivity contribution in [3.63, 3.8) is 0 Å². The van der Waals surface area contributed by atoms with Crippen LogP contribution < -0.4 is 21.3 Å². The fourth-order valence-corrected chi connectivity index (χ4v) is 11.8. The molecular weight excluding hydrogens is 681 g/mol. The second-order valence-electron chi connectivity index (χ2n) is 18.3. The van der Waals surface area contributed by atoms with Gasteiger partial charge >= 0.3 is 5.97 Å². The Kier molecular flexibility index (Phi) is 12.4. The normalized spacial score (nSPS) is 40.5.